The zero-order valence-electron chi connectivity index (χ0n) is 12.3. The Balaban J connectivity index is 1.99. The molecule has 0 aliphatic rings. The van der Waals surface area contributed by atoms with Crippen molar-refractivity contribution < 1.29 is 27.5 Å². The minimum Gasteiger partial charge on any atom is -0.449 e. The van der Waals surface area contributed by atoms with Gasteiger partial charge in [0.25, 0.3) is 5.91 Å². The number of esters is 1. The predicted molar refractivity (Wildman–Crippen MR) is 73.1 cm³/mol. The number of benzene rings is 1. The van der Waals surface area contributed by atoms with Crippen LogP contribution in [-0.4, -0.2) is 50.9 Å². The zero-order valence-corrected chi connectivity index (χ0v) is 12.3. The molecular formula is C13H12F3N5O3. The summed E-state index contributed by atoms with van der Waals surface area (Å²) >= 11 is 0. The van der Waals surface area contributed by atoms with Gasteiger partial charge in [0.15, 0.2) is 6.10 Å². The first-order valence-corrected chi connectivity index (χ1v) is 6.65. The molecule has 24 heavy (non-hydrogen) atoms. The molecule has 0 aliphatic carbocycles. The fraction of sp³-hybridized carbons (Fsp3) is 0.308. The number of carbonyl (C=O) groups is 2. The molecule has 1 N–H and O–H groups in total. The molecule has 0 bridgehead atoms. The van der Waals surface area contributed by atoms with E-state index in [1.54, 1.807) is 17.4 Å². The second-order valence-electron chi connectivity index (χ2n) is 4.69. The van der Waals surface area contributed by atoms with Crippen LogP contribution in [-0.2, 0) is 9.53 Å². The molecule has 0 saturated carbocycles. The number of hydrogen-bond donors (Lipinski definition) is 1. The lowest BCUT2D eigenvalue weighted by atomic mass is 10.2. The zero-order chi connectivity index (χ0) is 17.7. The summed E-state index contributed by atoms with van der Waals surface area (Å²) in [6.45, 7) is -0.322. The molecule has 1 unspecified atom stereocenters. The first kappa shape index (κ1) is 17.4. The Kier molecular flexibility index (Phi) is 5.11. The van der Waals surface area contributed by atoms with Gasteiger partial charge < -0.3 is 10.1 Å². The number of alkyl halides is 3. The SMILES string of the molecule is CC(OC(=O)c1cccc(-n2cnnn2)c1)C(=O)NCC(F)(F)F. The highest BCUT2D eigenvalue weighted by Crippen LogP contribution is 2.13. The summed E-state index contributed by atoms with van der Waals surface area (Å²) in [5.74, 6) is -1.91. The van der Waals surface area contributed by atoms with Crippen LogP contribution in [0.1, 0.15) is 17.3 Å². The quantitative estimate of drug-likeness (QED) is 0.810. The minimum absolute atomic E-state index is 0.0958. The average Bonchev–Trinajstić information content (AvgIpc) is 3.06. The monoisotopic (exact) mass is 343 g/mol. The Morgan fingerprint density at radius 2 is 2.12 bits per heavy atom. The standard InChI is InChI=1S/C13H12F3N5O3/c1-8(11(22)17-6-13(14,15)16)24-12(23)9-3-2-4-10(5-9)21-7-18-19-20-21/h2-5,7-8H,6H2,1H3,(H,17,22). The molecule has 1 aromatic heterocycles. The van der Waals surface area contributed by atoms with Gasteiger partial charge in [-0.2, -0.15) is 13.2 Å². The van der Waals surface area contributed by atoms with Crippen molar-refractivity contribution in [2.45, 2.75) is 19.2 Å². The second kappa shape index (κ2) is 7.06. The van der Waals surface area contributed by atoms with Crippen molar-refractivity contribution in [3.8, 4) is 5.69 Å². The van der Waals surface area contributed by atoms with Crippen molar-refractivity contribution >= 4 is 11.9 Å². The number of rotatable bonds is 5. The summed E-state index contributed by atoms with van der Waals surface area (Å²) in [7, 11) is 0. The van der Waals surface area contributed by atoms with Gasteiger partial charge in [-0.25, -0.2) is 9.48 Å². The highest BCUT2D eigenvalue weighted by Gasteiger charge is 2.29. The van der Waals surface area contributed by atoms with Crippen LogP contribution in [0.3, 0.4) is 0 Å². The maximum Gasteiger partial charge on any atom is 0.405 e. The number of nitrogens with one attached hydrogen (secondary N) is 1. The summed E-state index contributed by atoms with van der Waals surface area (Å²) < 4.78 is 42.3. The van der Waals surface area contributed by atoms with Gasteiger partial charge >= 0.3 is 12.1 Å². The Labute approximate surface area is 133 Å². The number of carbonyl (C=O) groups excluding carboxylic acids is 2. The molecule has 0 saturated heterocycles. The Morgan fingerprint density at radius 3 is 2.75 bits per heavy atom. The van der Waals surface area contributed by atoms with E-state index in [1.165, 1.54) is 30.1 Å². The van der Waals surface area contributed by atoms with E-state index in [4.69, 9.17) is 4.74 Å². The lowest BCUT2D eigenvalue weighted by molar-refractivity contribution is -0.143. The molecule has 1 atom stereocenters. The van der Waals surface area contributed by atoms with E-state index in [9.17, 15) is 22.8 Å². The molecule has 8 nitrogen and oxygen atoms in total. The first-order chi connectivity index (χ1) is 11.3. The third-order valence-electron chi connectivity index (χ3n) is 2.81. The van der Waals surface area contributed by atoms with Crippen molar-refractivity contribution in [3.05, 3.63) is 36.2 Å². The maximum atomic E-state index is 12.0. The van der Waals surface area contributed by atoms with Crippen molar-refractivity contribution in [1.82, 2.24) is 25.5 Å². The summed E-state index contributed by atoms with van der Waals surface area (Å²) in [6.07, 6.45) is -4.60. The molecule has 128 valence electrons. The Bertz CT molecular complexity index is 718. The molecule has 0 aliphatic heterocycles. The average molecular weight is 343 g/mol. The van der Waals surface area contributed by atoms with Crippen molar-refractivity contribution in [2.24, 2.45) is 0 Å². The van der Waals surface area contributed by atoms with Crippen LogP contribution in [0.4, 0.5) is 13.2 Å². The Hall–Kier alpha value is -2.98. The van der Waals surface area contributed by atoms with Crippen LogP contribution in [0.25, 0.3) is 5.69 Å². The summed E-state index contributed by atoms with van der Waals surface area (Å²) in [5, 5.41) is 12.2. The van der Waals surface area contributed by atoms with Crippen LogP contribution < -0.4 is 5.32 Å². The van der Waals surface area contributed by atoms with Gasteiger partial charge in [0.05, 0.1) is 11.3 Å². The summed E-state index contributed by atoms with van der Waals surface area (Å²) in [5.41, 5.74) is 0.571. The van der Waals surface area contributed by atoms with E-state index < -0.39 is 30.7 Å². The number of halogens is 3. The van der Waals surface area contributed by atoms with Gasteiger partial charge in [0.1, 0.15) is 12.9 Å². The van der Waals surface area contributed by atoms with Crippen molar-refractivity contribution in [2.75, 3.05) is 6.54 Å². The number of tetrazole rings is 1. The van der Waals surface area contributed by atoms with E-state index in [2.05, 4.69) is 15.5 Å². The molecule has 0 radical (unpaired) electrons. The van der Waals surface area contributed by atoms with E-state index in [0.717, 1.165) is 0 Å². The summed E-state index contributed by atoms with van der Waals surface area (Å²) in [6, 6.07) is 6.02. The number of amides is 1. The van der Waals surface area contributed by atoms with E-state index in [0.29, 0.717) is 5.69 Å². The lowest BCUT2D eigenvalue weighted by Crippen LogP contribution is -2.40. The van der Waals surface area contributed by atoms with Gasteiger partial charge in [-0.15, -0.1) is 5.10 Å². The van der Waals surface area contributed by atoms with Crippen LogP contribution in [0.5, 0.6) is 0 Å². The molecule has 1 heterocycles. The van der Waals surface area contributed by atoms with Crippen molar-refractivity contribution in [1.29, 1.82) is 0 Å². The van der Waals surface area contributed by atoms with Gasteiger partial charge in [-0.05, 0) is 35.5 Å². The fourth-order valence-electron chi connectivity index (χ4n) is 1.67. The third kappa shape index (κ3) is 4.76. The molecule has 0 spiro atoms. The summed E-state index contributed by atoms with van der Waals surface area (Å²) in [4.78, 5) is 23.5. The smallest absolute Gasteiger partial charge is 0.405 e. The molecule has 2 rings (SSSR count). The van der Waals surface area contributed by atoms with Crippen LogP contribution in [0.2, 0.25) is 0 Å². The maximum absolute atomic E-state index is 12.0. The third-order valence-corrected chi connectivity index (χ3v) is 2.81. The van der Waals surface area contributed by atoms with Gasteiger partial charge in [-0.3, -0.25) is 4.79 Å². The number of hydrogen-bond acceptors (Lipinski definition) is 6. The predicted octanol–water partition coefficient (Wildman–Crippen LogP) is 0.886. The van der Waals surface area contributed by atoms with E-state index in [-0.39, 0.29) is 5.56 Å². The molecule has 1 aromatic carbocycles. The first-order valence-electron chi connectivity index (χ1n) is 6.65. The van der Waals surface area contributed by atoms with Gasteiger partial charge in [0.2, 0.25) is 0 Å². The molecule has 1 amide bonds. The van der Waals surface area contributed by atoms with Crippen molar-refractivity contribution in [3.63, 3.8) is 0 Å². The van der Waals surface area contributed by atoms with Gasteiger partial charge in [-0.1, -0.05) is 6.07 Å². The van der Waals surface area contributed by atoms with Crippen LogP contribution >= 0.6 is 0 Å². The Morgan fingerprint density at radius 1 is 1.38 bits per heavy atom. The second-order valence-corrected chi connectivity index (χ2v) is 4.69. The lowest BCUT2D eigenvalue weighted by Gasteiger charge is -2.14. The van der Waals surface area contributed by atoms with Crippen LogP contribution in [0, 0.1) is 0 Å². The minimum atomic E-state index is -4.54. The number of nitrogens with zero attached hydrogens (tertiary/aromatic N) is 4. The highest BCUT2D eigenvalue weighted by molar-refractivity contribution is 5.92. The molecule has 11 heteroatoms. The molecule has 0 fully saturated rings. The number of aromatic nitrogens is 4. The molecular weight excluding hydrogens is 331 g/mol. The number of ether oxygens (including phenoxy) is 1. The largest absolute Gasteiger partial charge is 0.449 e. The normalized spacial score (nSPS) is 12.5. The van der Waals surface area contributed by atoms with Crippen LogP contribution in [0.15, 0.2) is 30.6 Å². The highest BCUT2D eigenvalue weighted by atomic mass is 19.4. The van der Waals surface area contributed by atoms with Gasteiger partial charge in [0, 0.05) is 0 Å². The van der Waals surface area contributed by atoms with E-state index in [1.807, 2.05) is 0 Å². The molecule has 2 aromatic rings. The van der Waals surface area contributed by atoms with E-state index >= 15 is 0 Å². The fourth-order valence-corrected chi connectivity index (χ4v) is 1.67. The topological polar surface area (TPSA) is 99.0 Å².